The Morgan fingerprint density at radius 2 is 2.35 bits per heavy atom. The van der Waals surface area contributed by atoms with Crippen molar-refractivity contribution in [2.24, 2.45) is 11.8 Å². The minimum absolute atomic E-state index is 0.154. The molecule has 0 radical (unpaired) electrons. The average molecular weight is 236 g/mol. The van der Waals surface area contributed by atoms with Crippen molar-refractivity contribution in [1.29, 1.82) is 0 Å². The van der Waals surface area contributed by atoms with Crippen molar-refractivity contribution in [3.05, 3.63) is 11.9 Å². The molecule has 1 heterocycles. The fourth-order valence-electron chi connectivity index (χ4n) is 2.64. The Morgan fingerprint density at radius 1 is 1.59 bits per heavy atom. The maximum absolute atomic E-state index is 12.5. The smallest absolute Gasteiger partial charge is 0.187 e. The highest BCUT2D eigenvalue weighted by Gasteiger charge is 2.31. The predicted molar refractivity (Wildman–Crippen MR) is 65.3 cm³/mol. The Kier molecular flexibility index (Phi) is 3.50. The lowest BCUT2D eigenvalue weighted by Gasteiger charge is -2.11. The molecule has 1 saturated carbocycles. The molecular weight excluding hydrogens is 216 g/mol. The largest absolute Gasteiger partial charge is 0.493 e. The highest BCUT2D eigenvalue weighted by Crippen LogP contribution is 2.34. The topological polar surface area (TPSA) is 44.1 Å². The zero-order valence-electron chi connectivity index (χ0n) is 10.8. The van der Waals surface area contributed by atoms with E-state index in [2.05, 4.69) is 12.0 Å². The van der Waals surface area contributed by atoms with Gasteiger partial charge in [-0.05, 0) is 32.1 Å². The summed E-state index contributed by atoms with van der Waals surface area (Å²) in [6.45, 7) is 4.90. The van der Waals surface area contributed by atoms with Crippen molar-refractivity contribution < 1.29 is 9.53 Å². The lowest BCUT2D eigenvalue weighted by Crippen LogP contribution is -2.17. The van der Waals surface area contributed by atoms with Gasteiger partial charge in [-0.1, -0.05) is 6.92 Å². The van der Waals surface area contributed by atoms with E-state index in [4.69, 9.17) is 4.74 Å². The molecule has 2 rings (SSSR count). The van der Waals surface area contributed by atoms with Crippen LogP contribution < -0.4 is 4.74 Å². The van der Waals surface area contributed by atoms with E-state index in [1.165, 1.54) is 0 Å². The predicted octanol–water partition coefficient (Wildman–Crippen LogP) is 2.53. The summed E-state index contributed by atoms with van der Waals surface area (Å²) in [5.74, 6) is 1.62. The van der Waals surface area contributed by atoms with Gasteiger partial charge in [-0.3, -0.25) is 9.48 Å². The molecule has 0 amide bonds. The van der Waals surface area contributed by atoms with Crippen LogP contribution in [0.1, 0.15) is 43.6 Å². The molecule has 94 valence electrons. The highest BCUT2D eigenvalue weighted by molar-refractivity contribution is 5.98. The van der Waals surface area contributed by atoms with Crippen LogP contribution in [0.2, 0.25) is 0 Å². The Bertz CT molecular complexity index is 390. The molecule has 2 atom stereocenters. The van der Waals surface area contributed by atoms with Gasteiger partial charge in [-0.2, -0.15) is 5.10 Å². The molecule has 1 aromatic heterocycles. The molecular formula is C13H20N2O2. The molecule has 1 aliphatic rings. The van der Waals surface area contributed by atoms with Crippen LogP contribution in [-0.4, -0.2) is 22.7 Å². The Morgan fingerprint density at radius 3 is 2.88 bits per heavy atom. The summed E-state index contributed by atoms with van der Waals surface area (Å²) in [4.78, 5) is 12.5. The molecule has 17 heavy (non-hydrogen) atoms. The number of Topliss-reactive ketones (excluding diaryl/α,β-unsaturated/α-hetero) is 1. The first-order chi connectivity index (χ1) is 8.17. The maximum Gasteiger partial charge on any atom is 0.187 e. The molecule has 4 nitrogen and oxygen atoms in total. The normalized spacial score (nSPS) is 23.9. The monoisotopic (exact) mass is 236 g/mol. The van der Waals surface area contributed by atoms with Gasteiger partial charge < -0.3 is 4.74 Å². The van der Waals surface area contributed by atoms with Crippen LogP contribution in [0.3, 0.4) is 0 Å². The van der Waals surface area contributed by atoms with Crippen LogP contribution in [0.25, 0.3) is 0 Å². The van der Waals surface area contributed by atoms with E-state index in [0.29, 0.717) is 23.9 Å². The quantitative estimate of drug-likeness (QED) is 0.754. The number of aromatic nitrogens is 2. The molecule has 1 aromatic rings. The summed E-state index contributed by atoms with van der Waals surface area (Å²) in [7, 11) is 1.59. The van der Waals surface area contributed by atoms with Crippen molar-refractivity contribution in [3.8, 4) is 5.75 Å². The molecule has 0 saturated heterocycles. The van der Waals surface area contributed by atoms with E-state index in [9.17, 15) is 4.79 Å². The summed E-state index contributed by atoms with van der Waals surface area (Å²) in [6.07, 6.45) is 4.78. The lowest BCUT2D eigenvalue weighted by molar-refractivity contribution is 0.0906. The van der Waals surface area contributed by atoms with Crippen molar-refractivity contribution in [2.75, 3.05) is 7.11 Å². The molecule has 0 bridgehead atoms. The van der Waals surface area contributed by atoms with E-state index in [-0.39, 0.29) is 11.7 Å². The van der Waals surface area contributed by atoms with E-state index in [1.807, 2.05) is 6.92 Å². The number of ketones is 1. The number of methoxy groups -OCH3 is 1. The van der Waals surface area contributed by atoms with E-state index < -0.39 is 0 Å². The second kappa shape index (κ2) is 4.90. The van der Waals surface area contributed by atoms with Crippen molar-refractivity contribution in [1.82, 2.24) is 9.78 Å². The number of rotatable bonds is 4. The second-order valence-corrected chi connectivity index (χ2v) is 4.86. The van der Waals surface area contributed by atoms with Crippen LogP contribution in [0.15, 0.2) is 6.20 Å². The summed E-state index contributed by atoms with van der Waals surface area (Å²) in [6, 6.07) is 0. The fraction of sp³-hybridized carbons (Fsp3) is 0.692. The molecule has 0 spiro atoms. The van der Waals surface area contributed by atoms with Gasteiger partial charge in [0, 0.05) is 12.5 Å². The van der Waals surface area contributed by atoms with E-state index >= 15 is 0 Å². The second-order valence-electron chi connectivity index (χ2n) is 4.86. The average Bonchev–Trinajstić information content (AvgIpc) is 2.93. The van der Waals surface area contributed by atoms with Gasteiger partial charge in [0.2, 0.25) is 0 Å². The van der Waals surface area contributed by atoms with Crippen LogP contribution in [0, 0.1) is 11.8 Å². The molecule has 0 N–H and O–H groups in total. The molecule has 1 fully saturated rings. The fourth-order valence-corrected chi connectivity index (χ4v) is 2.64. The van der Waals surface area contributed by atoms with Crippen molar-refractivity contribution in [3.63, 3.8) is 0 Å². The molecule has 4 heteroatoms. The first kappa shape index (κ1) is 12.1. The molecule has 0 aliphatic heterocycles. The molecule has 2 unspecified atom stereocenters. The van der Waals surface area contributed by atoms with Gasteiger partial charge in [0.25, 0.3) is 0 Å². The standard InChI is InChI=1S/C13H20N2O2/c1-4-15-12(11(17-3)8-14-15)13(16)10-6-5-9(2)7-10/h8-10H,4-7H2,1-3H3. The third-order valence-electron chi connectivity index (χ3n) is 3.62. The first-order valence-electron chi connectivity index (χ1n) is 6.31. The summed E-state index contributed by atoms with van der Waals surface area (Å²) in [5.41, 5.74) is 0.647. The summed E-state index contributed by atoms with van der Waals surface area (Å²) in [5, 5.41) is 4.19. The Labute approximate surface area is 102 Å². The number of carbonyl (C=O) groups is 1. The van der Waals surface area contributed by atoms with Crippen LogP contribution >= 0.6 is 0 Å². The Hall–Kier alpha value is -1.32. The Balaban J connectivity index is 2.26. The van der Waals surface area contributed by atoms with Crippen LogP contribution in [-0.2, 0) is 6.54 Å². The minimum Gasteiger partial charge on any atom is -0.493 e. The van der Waals surface area contributed by atoms with E-state index in [0.717, 1.165) is 19.3 Å². The third kappa shape index (κ3) is 2.21. The van der Waals surface area contributed by atoms with E-state index in [1.54, 1.807) is 18.0 Å². The number of carbonyl (C=O) groups excluding carboxylic acids is 1. The highest BCUT2D eigenvalue weighted by atomic mass is 16.5. The summed E-state index contributed by atoms with van der Waals surface area (Å²) >= 11 is 0. The SMILES string of the molecule is CCn1ncc(OC)c1C(=O)C1CCC(C)C1. The van der Waals surface area contributed by atoms with Gasteiger partial charge in [0.15, 0.2) is 11.5 Å². The van der Waals surface area contributed by atoms with Gasteiger partial charge in [-0.25, -0.2) is 0 Å². The molecule has 0 aromatic carbocycles. The van der Waals surface area contributed by atoms with Gasteiger partial charge in [0.05, 0.1) is 13.3 Å². The number of nitrogens with zero attached hydrogens (tertiary/aromatic N) is 2. The number of hydrogen-bond acceptors (Lipinski definition) is 3. The third-order valence-corrected chi connectivity index (χ3v) is 3.62. The zero-order valence-corrected chi connectivity index (χ0v) is 10.8. The molecule has 1 aliphatic carbocycles. The lowest BCUT2D eigenvalue weighted by atomic mass is 9.98. The van der Waals surface area contributed by atoms with Crippen LogP contribution in [0.4, 0.5) is 0 Å². The number of aryl methyl sites for hydroxylation is 1. The minimum atomic E-state index is 0.154. The summed E-state index contributed by atoms with van der Waals surface area (Å²) < 4.78 is 6.97. The van der Waals surface area contributed by atoms with Gasteiger partial charge in [0.1, 0.15) is 5.69 Å². The van der Waals surface area contributed by atoms with Crippen molar-refractivity contribution >= 4 is 5.78 Å². The zero-order chi connectivity index (χ0) is 12.4. The number of hydrogen-bond donors (Lipinski definition) is 0. The van der Waals surface area contributed by atoms with Crippen LogP contribution in [0.5, 0.6) is 5.75 Å². The van der Waals surface area contributed by atoms with Gasteiger partial charge >= 0.3 is 0 Å². The maximum atomic E-state index is 12.5. The van der Waals surface area contributed by atoms with Gasteiger partial charge in [-0.15, -0.1) is 0 Å². The number of ether oxygens (including phenoxy) is 1. The van der Waals surface area contributed by atoms with Crippen molar-refractivity contribution in [2.45, 2.75) is 39.7 Å². The first-order valence-corrected chi connectivity index (χ1v) is 6.31.